The molecule has 4 amide bonds. The number of halogens is 1. The minimum absolute atomic E-state index is 0. The number of rotatable bonds is 5. The van der Waals surface area contributed by atoms with Crippen LogP contribution >= 0.6 is 24.0 Å². The van der Waals surface area contributed by atoms with Crippen molar-refractivity contribution in [2.75, 3.05) is 33.2 Å². The van der Waals surface area contributed by atoms with Crippen molar-refractivity contribution in [2.24, 2.45) is 16.3 Å². The zero-order valence-corrected chi connectivity index (χ0v) is 19.7. The molecule has 1 unspecified atom stereocenters. The molecule has 4 N–H and O–H groups in total. The Balaban J connectivity index is 0.00000392. The number of likely N-dealkylation sites (tertiary alicyclic amines) is 1. The van der Waals surface area contributed by atoms with E-state index in [0.717, 1.165) is 38.4 Å². The maximum absolute atomic E-state index is 12.1. The van der Waals surface area contributed by atoms with E-state index < -0.39 is 17.0 Å². The zero-order valence-electron chi connectivity index (χ0n) is 17.3. The van der Waals surface area contributed by atoms with Crippen LogP contribution in [0.3, 0.4) is 0 Å². The van der Waals surface area contributed by atoms with Crippen LogP contribution in [-0.2, 0) is 9.59 Å². The number of aliphatic imine (C=N–C) groups is 1. The minimum atomic E-state index is -0.847. The lowest BCUT2D eigenvalue weighted by Gasteiger charge is -2.40. The highest BCUT2D eigenvalue weighted by molar-refractivity contribution is 14.0. The molecule has 0 aromatic carbocycles. The molecular weight excluding hydrogens is 475 g/mol. The smallest absolute Gasteiger partial charge is 0.322 e. The summed E-state index contributed by atoms with van der Waals surface area (Å²) in [5.41, 5.74) is -1.44. The van der Waals surface area contributed by atoms with E-state index in [0.29, 0.717) is 6.54 Å². The topological polar surface area (TPSA) is 115 Å². The molecule has 0 radical (unpaired) electrons. The summed E-state index contributed by atoms with van der Waals surface area (Å²) < 4.78 is 0. The first-order valence-corrected chi connectivity index (χ1v) is 9.53. The van der Waals surface area contributed by atoms with Gasteiger partial charge in [-0.25, -0.2) is 4.79 Å². The van der Waals surface area contributed by atoms with Gasteiger partial charge in [0.25, 0.3) is 5.91 Å². The summed E-state index contributed by atoms with van der Waals surface area (Å²) in [6, 6.07) is -0.420. The predicted molar refractivity (Wildman–Crippen MR) is 119 cm³/mol. The summed E-state index contributed by atoms with van der Waals surface area (Å²) in [6.07, 6.45) is 1.54. The first-order chi connectivity index (χ1) is 12.6. The molecule has 10 heteroatoms. The van der Waals surface area contributed by atoms with Crippen LogP contribution in [0.5, 0.6) is 0 Å². The van der Waals surface area contributed by atoms with Gasteiger partial charge in [0.1, 0.15) is 5.54 Å². The Morgan fingerprint density at radius 3 is 2.39 bits per heavy atom. The lowest BCUT2D eigenvalue weighted by atomic mass is 9.79. The van der Waals surface area contributed by atoms with Crippen LogP contribution in [0, 0.1) is 11.3 Å². The molecule has 2 rings (SSSR count). The van der Waals surface area contributed by atoms with Crippen molar-refractivity contribution >= 4 is 47.8 Å². The standard InChI is InChI=1S/C18H32N6O3.HI/c1-6-20-15(21-11-17(2,3)13(25)19-5)24-9-7-12(8-10-24)18(4)14(26)22-16(27)23-18;/h12H,6-11H2,1-5H3,(H,19,25)(H,20,21)(H2,22,23,26,27);1H. The van der Waals surface area contributed by atoms with E-state index in [-0.39, 0.29) is 41.7 Å². The van der Waals surface area contributed by atoms with Crippen LogP contribution in [-0.4, -0.2) is 67.5 Å². The second-order valence-electron chi connectivity index (χ2n) is 8.01. The van der Waals surface area contributed by atoms with Gasteiger partial charge in [0, 0.05) is 26.7 Å². The Labute approximate surface area is 183 Å². The maximum atomic E-state index is 12.1. The van der Waals surface area contributed by atoms with Gasteiger partial charge in [-0.1, -0.05) is 0 Å². The molecule has 28 heavy (non-hydrogen) atoms. The van der Waals surface area contributed by atoms with Gasteiger partial charge >= 0.3 is 6.03 Å². The van der Waals surface area contributed by atoms with E-state index >= 15 is 0 Å². The highest BCUT2D eigenvalue weighted by Crippen LogP contribution is 2.30. The van der Waals surface area contributed by atoms with Crippen LogP contribution in [0.2, 0.25) is 0 Å². The van der Waals surface area contributed by atoms with E-state index in [9.17, 15) is 14.4 Å². The van der Waals surface area contributed by atoms with Gasteiger partial charge in [0.2, 0.25) is 5.91 Å². The van der Waals surface area contributed by atoms with E-state index in [1.165, 1.54) is 0 Å². The van der Waals surface area contributed by atoms with Crippen molar-refractivity contribution in [3.8, 4) is 0 Å². The van der Waals surface area contributed by atoms with Crippen LogP contribution < -0.4 is 21.3 Å². The van der Waals surface area contributed by atoms with Crippen molar-refractivity contribution < 1.29 is 14.4 Å². The fraction of sp³-hybridized carbons (Fsp3) is 0.778. The monoisotopic (exact) mass is 508 g/mol. The third-order valence-electron chi connectivity index (χ3n) is 5.48. The van der Waals surface area contributed by atoms with Crippen molar-refractivity contribution in [3.63, 3.8) is 0 Å². The average Bonchev–Trinajstić information content (AvgIpc) is 2.90. The number of hydrogen-bond donors (Lipinski definition) is 4. The molecule has 2 fully saturated rings. The van der Waals surface area contributed by atoms with Crippen molar-refractivity contribution in [1.82, 2.24) is 26.2 Å². The van der Waals surface area contributed by atoms with Crippen molar-refractivity contribution in [2.45, 2.75) is 46.1 Å². The molecule has 0 aromatic heterocycles. The molecule has 0 saturated carbocycles. The summed E-state index contributed by atoms with van der Waals surface area (Å²) in [7, 11) is 1.63. The number of hydrogen-bond acceptors (Lipinski definition) is 4. The molecule has 0 spiro atoms. The Bertz CT molecular complexity index is 631. The second-order valence-corrected chi connectivity index (χ2v) is 8.01. The maximum Gasteiger partial charge on any atom is 0.322 e. The van der Waals surface area contributed by atoms with Crippen LogP contribution in [0.15, 0.2) is 4.99 Å². The minimum Gasteiger partial charge on any atom is -0.359 e. The molecule has 160 valence electrons. The van der Waals surface area contributed by atoms with Crippen LogP contribution in [0.1, 0.15) is 40.5 Å². The number of imide groups is 1. The van der Waals surface area contributed by atoms with Gasteiger partial charge in [0.15, 0.2) is 5.96 Å². The second kappa shape index (κ2) is 9.75. The molecule has 2 heterocycles. The van der Waals surface area contributed by atoms with Gasteiger partial charge in [-0.2, -0.15) is 0 Å². The van der Waals surface area contributed by atoms with Gasteiger partial charge in [-0.15, -0.1) is 24.0 Å². The number of carbonyl (C=O) groups is 3. The number of guanidine groups is 1. The highest BCUT2D eigenvalue weighted by Gasteiger charge is 2.48. The lowest BCUT2D eigenvalue weighted by Crippen LogP contribution is -2.55. The summed E-state index contributed by atoms with van der Waals surface area (Å²) in [6.45, 7) is 10.1. The van der Waals surface area contributed by atoms with Gasteiger partial charge in [-0.3, -0.25) is 19.9 Å². The normalized spacial score (nSPS) is 23.6. The summed E-state index contributed by atoms with van der Waals surface area (Å²) in [4.78, 5) is 42.5. The number of carbonyl (C=O) groups excluding carboxylic acids is 3. The molecule has 2 aliphatic heterocycles. The van der Waals surface area contributed by atoms with E-state index in [4.69, 9.17) is 0 Å². The van der Waals surface area contributed by atoms with Crippen molar-refractivity contribution in [1.29, 1.82) is 0 Å². The first kappa shape index (κ1) is 24.4. The Morgan fingerprint density at radius 2 is 1.93 bits per heavy atom. The molecule has 0 bridgehead atoms. The molecule has 1 atom stereocenters. The number of amides is 4. The summed E-state index contributed by atoms with van der Waals surface area (Å²) in [5, 5.41) is 11.1. The average molecular weight is 508 g/mol. The van der Waals surface area contributed by atoms with Gasteiger partial charge in [-0.05, 0) is 46.5 Å². The van der Waals surface area contributed by atoms with Gasteiger partial charge < -0.3 is 20.9 Å². The largest absolute Gasteiger partial charge is 0.359 e. The Hall–Kier alpha value is -1.59. The first-order valence-electron chi connectivity index (χ1n) is 9.53. The summed E-state index contributed by atoms with van der Waals surface area (Å²) >= 11 is 0. The Morgan fingerprint density at radius 1 is 1.32 bits per heavy atom. The van der Waals surface area contributed by atoms with E-state index in [1.54, 1.807) is 14.0 Å². The molecule has 9 nitrogen and oxygen atoms in total. The van der Waals surface area contributed by atoms with Crippen molar-refractivity contribution in [3.05, 3.63) is 0 Å². The van der Waals surface area contributed by atoms with Crippen LogP contribution in [0.25, 0.3) is 0 Å². The van der Waals surface area contributed by atoms with E-state index in [2.05, 4.69) is 31.2 Å². The third-order valence-corrected chi connectivity index (χ3v) is 5.48. The predicted octanol–water partition coefficient (Wildman–Crippen LogP) is 0.652. The molecule has 2 aliphatic rings. The number of nitrogens with zero attached hydrogens (tertiary/aromatic N) is 2. The highest BCUT2D eigenvalue weighted by atomic mass is 127. The van der Waals surface area contributed by atoms with E-state index in [1.807, 2.05) is 20.8 Å². The lowest BCUT2D eigenvalue weighted by molar-refractivity contribution is -0.128. The fourth-order valence-electron chi connectivity index (χ4n) is 3.62. The fourth-order valence-corrected chi connectivity index (χ4v) is 3.62. The molecule has 0 aromatic rings. The zero-order chi connectivity index (χ0) is 20.2. The number of nitrogens with one attached hydrogen (secondary N) is 4. The number of piperidine rings is 1. The third kappa shape index (κ3) is 5.26. The molecule has 0 aliphatic carbocycles. The van der Waals surface area contributed by atoms with Crippen LogP contribution in [0.4, 0.5) is 4.79 Å². The SMILES string of the molecule is CCNC(=NCC(C)(C)C(=O)NC)N1CCC(C2(C)NC(=O)NC2=O)CC1.I. The molecule has 2 saturated heterocycles. The molecular formula is C18H33IN6O3. The summed E-state index contributed by atoms with van der Waals surface area (Å²) in [5.74, 6) is 0.555. The van der Waals surface area contributed by atoms with Gasteiger partial charge in [0.05, 0.1) is 12.0 Å². The quantitative estimate of drug-likeness (QED) is 0.189. The Kier molecular flexibility index (Phi) is 8.51. The number of urea groups is 1.